The summed E-state index contributed by atoms with van der Waals surface area (Å²) in [5, 5.41) is 16.9. The van der Waals surface area contributed by atoms with E-state index in [1.807, 2.05) is 0 Å². The largest absolute Gasteiger partial charge is 0.481 e. The van der Waals surface area contributed by atoms with Crippen LogP contribution >= 0.6 is 0 Å². The van der Waals surface area contributed by atoms with E-state index in [0.717, 1.165) is 6.08 Å². The van der Waals surface area contributed by atoms with Crippen LogP contribution in [0.1, 0.15) is 6.42 Å². The summed E-state index contributed by atoms with van der Waals surface area (Å²) in [5.41, 5.74) is 0. The Balaban J connectivity index is 4.61. The summed E-state index contributed by atoms with van der Waals surface area (Å²) in [5.74, 6) is -3.40. The maximum absolute atomic E-state index is 11.1. The van der Waals surface area contributed by atoms with Gasteiger partial charge < -0.3 is 10.2 Å². The van der Waals surface area contributed by atoms with Crippen molar-refractivity contribution in [2.75, 3.05) is 5.75 Å². The average molecular weight is 237 g/mol. The second-order valence-electron chi connectivity index (χ2n) is 2.68. The van der Waals surface area contributed by atoms with Crippen LogP contribution in [0.25, 0.3) is 0 Å². The van der Waals surface area contributed by atoms with Gasteiger partial charge in [0.1, 0.15) is 6.04 Å². The van der Waals surface area contributed by atoms with Crippen molar-refractivity contribution >= 4 is 22.0 Å². The highest BCUT2D eigenvalue weighted by Gasteiger charge is 2.25. The van der Waals surface area contributed by atoms with Gasteiger partial charge in [0, 0.05) is 0 Å². The minimum Gasteiger partial charge on any atom is -0.481 e. The zero-order chi connectivity index (χ0) is 12.1. The molecule has 0 aliphatic carbocycles. The number of rotatable bonds is 7. The van der Waals surface area contributed by atoms with Crippen LogP contribution in [-0.2, 0) is 19.6 Å². The van der Waals surface area contributed by atoms with E-state index in [1.165, 1.54) is 0 Å². The first-order valence-corrected chi connectivity index (χ1v) is 5.49. The van der Waals surface area contributed by atoms with E-state index in [-0.39, 0.29) is 0 Å². The Labute approximate surface area is 86.5 Å². The lowest BCUT2D eigenvalue weighted by Gasteiger charge is -2.11. The van der Waals surface area contributed by atoms with Crippen LogP contribution in [0.15, 0.2) is 12.7 Å². The van der Waals surface area contributed by atoms with E-state index in [1.54, 1.807) is 4.72 Å². The number of hydrogen-bond acceptors (Lipinski definition) is 4. The molecule has 0 spiro atoms. The standard InChI is InChI=1S/C7H11NO6S/c1-2-3-15(13,14)8-5(7(11)12)4-6(9)10/h2,5,8H,1,3-4H2,(H,9,10)(H,11,12)/t5-/m0/s1. The summed E-state index contributed by atoms with van der Waals surface area (Å²) in [4.78, 5) is 20.7. The second-order valence-corrected chi connectivity index (χ2v) is 4.48. The molecule has 0 aromatic heterocycles. The monoisotopic (exact) mass is 237 g/mol. The molecule has 86 valence electrons. The summed E-state index contributed by atoms with van der Waals surface area (Å²) < 4.78 is 23.9. The van der Waals surface area contributed by atoms with Crippen LogP contribution in [0.5, 0.6) is 0 Å². The maximum Gasteiger partial charge on any atom is 0.322 e. The van der Waals surface area contributed by atoms with Gasteiger partial charge in [-0.15, -0.1) is 6.58 Å². The average Bonchev–Trinajstić information content (AvgIpc) is 2.00. The molecule has 0 aromatic rings. The van der Waals surface area contributed by atoms with E-state index >= 15 is 0 Å². The number of carbonyl (C=O) groups is 2. The van der Waals surface area contributed by atoms with E-state index in [0.29, 0.717) is 0 Å². The van der Waals surface area contributed by atoms with Crippen LogP contribution in [0.3, 0.4) is 0 Å². The quantitative estimate of drug-likeness (QED) is 0.489. The predicted octanol–water partition coefficient (Wildman–Crippen LogP) is -0.980. The Morgan fingerprint density at radius 1 is 1.40 bits per heavy atom. The molecule has 0 aromatic carbocycles. The zero-order valence-corrected chi connectivity index (χ0v) is 8.53. The van der Waals surface area contributed by atoms with Crippen molar-refractivity contribution in [3.63, 3.8) is 0 Å². The molecule has 0 fully saturated rings. The predicted molar refractivity (Wildman–Crippen MR) is 50.8 cm³/mol. The topological polar surface area (TPSA) is 121 Å². The van der Waals surface area contributed by atoms with Crippen molar-refractivity contribution in [1.82, 2.24) is 4.72 Å². The molecular formula is C7H11NO6S. The third-order valence-electron chi connectivity index (χ3n) is 1.34. The van der Waals surface area contributed by atoms with Gasteiger partial charge in [-0.05, 0) is 0 Å². The molecule has 0 saturated carbocycles. The molecule has 8 heteroatoms. The summed E-state index contributed by atoms with van der Waals surface area (Å²) in [6, 6.07) is -1.66. The van der Waals surface area contributed by atoms with Crippen molar-refractivity contribution in [2.24, 2.45) is 0 Å². The molecule has 0 unspecified atom stereocenters. The lowest BCUT2D eigenvalue weighted by atomic mass is 10.2. The Kier molecular flexibility index (Phi) is 4.95. The van der Waals surface area contributed by atoms with Crippen molar-refractivity contribution in [1.29, 1.82) is 0 Å². The van der Waals surface area contributed by atoms with Gasteiger partial charge in [0.05, 0.1) is 12.2 Å². The number of nitrogens with one attached hydrogen (secondary N) is 1. The molecule has 15 heavy (non-hydrogen) atoms. The minimum atomic E-state index is -3.83. The molecule has 0 saturated heterocycles. The van der Waals surface area contributed by atoms with Crippen LogP contribution < -0.4 is 4.72 Å². The zero-order valence-electron chi connectivity index (χ0n) is 7.71. The second kappa shape index (κ2) is 5.47. The summed E-state index contributed by atoms with van der Waals surface area (Å²) in [6.45, 7) is 3.18. The number of carboxylic acids is 2. The highest BCUT2D eigenvalue weighted by Crippen LogP contribution is 1.97. The minimum absolute atomic E-state index is 0.462. The van der Waals surface area contributed by atoms with Gasteiger partial charge in [-0.1, -0.05) is 6.08 Å². The van der Waals surface area contributed by atoms with E-state index < -0.39 is 40.2 Å². The molecule has 0 aliphatic heterocycles. The molecule has 0 bridgehead atoms. The van der Waals surface area contributed by atoms with Crippen molar-refractivity contribution in [3.05, 3.63) is 12.7 Å². The number of hydrogen-bond donors (Lipinski definition) is 3. The van der Waals surface area contributed by atoms with Crippen molar-refractivity contribution in [2.45, 2.75) is 12.5 Å². The van der Waals surface area contributed by atoms with Crippen LogP contribution in [0.2, 0.25) is 0 Å². The van der Waals surface area contributed by atoms with Crippen LogP contribution in [-0.4, -0.2) is 42.4 Å². The van der Waals surface area contributed by atoms with Gasteiger partial charge in [-0.3, -0.25) is 9.59 Å². The highest BCUT2D eigenvalue weighted by molar-refractivity contribution is 7.89. The number of aliphatic carboxylic acids is 2. The summed E-state index contributed by atoms with van der Waals surface area (Å²) in [7, 11) is -3.83. The SMILES string of the molecule is C=CCS(=O)(=O)N[C@@H](CC(=O)O)C(=O)O. The fourth-order valence-electron chi connectivity index (χ4n) is 0.774. The fraction of sp³-hybridized carbons (Fsp3) is 0.429. The van der Waals surface area contributed by atoms with Crippen LogP contribution in [0.4, 0.5) is 0 Å². The Bertz CT molecular complexity index is 360. The Hall–Kier alpha value is -1.41. The molecular weight excluding hydrogens is 226 g/mol. The summed E-state index contributed by atoms with van der Waals surface area (Å²) in [6.07, 6.45) is 0.258. The van der Waals surface area contributed by atoms with E-state index in [4.69, 9.17) is 10.2 Å². The molecule has 0 amide bonds. The molecule has 0 rings (SSSR count). The Morgan fingerprint density at radius 3 is 2.27 bits per heavy atom. The van der Waals surface area contributed by atoms with Gasteiger partial charge >= 0.3 is 11.9 Å². The molecule has 0 aliphatic rings. The molecule has 1 atom stereocenters. The van der Waals surface area contributed by atoms with Gasteiger partial charge in [0.15, 0.2) is 0 Å². The smallest absolute Gasteiger partial charge is 0.322 e. The first-order valence-electron chi connectivity index (χ1n) is 3.84. The first kappa shape index (κ1) is 13.6. The van der Waals surface area contributed by atoms with Crippen molar-refractivity contribution < 1.29 is 28.2 Å². The molecule has 3 N–H and O–H groups in total. The highest BCUT2D eigenvalue weighted by atomic mass is 32.2. The van der Waals surface area contributed by atoms with Crippen molar-refractivity contribution in [3.8, 4) is 0 Å². The van der Waals surface area contributed by atoms with Crippen LogP contribution in [0, 0.1) is 0 Å². The number of sulfonamides is 1. The maximum atomic E-state index is 11.1. The van der Waals surface area contributed by atoms with Gasteiger partial charge in [0.25, 0.3) is 0 Å². The van der Waals surface area contributed by atoms with Gasteiger partial charge in [-0.2, -0.15) is 0 Å². The molecule has 7 nitrogen and oxygen atoms in total. The lowest BCUT2D eigenvalue weighted by Crippen LogP contribution is -2.42. The van der Waals surface area contributed by atoms with Gasteiger partial charge in [-0.25, -0.2) is 13.1 Å². The lowest BCUT2D eigenvalue weighted by molar-refractivity contribution is -0.145. The number of carboxylic acid groups (broad SMARTS) is 2. The Morgan fingerprint density at radius 2 is 1.93 bits per heavy atom. The third kappa shape index (κ3) is 5.81. The fourth-order valence-corrected chi connectivity index (χ4v) is 1.80. The van der Waals surface area contributed by atoms with E-state index in [9.17, 15) is 18.0 Å². The first-order chi connectivity index (χ1) is 6.78. The third-order valence-corrected chi connectivity index (χ3v) is 2.65. The summed E-state index contributed by atoms with van der Waals surface area (Å²) >= 11 is 0. The normalized spacial score (nSPS) is 13.1. The molecule has 0 heterocycles. The molecule has 0 radical (unpaired) electrons. The van der Waals surface area contributed by atoms with Gasteiger partial charge in [0.2, 0.25) is 10.0 Å². The van der Waals surface area contributed by atoms with E-state index in [2.05, 4.69) is 6.58 Å².